The zero-order chi connectivity index (χ0) is 29.2. The second kappa shape index (κ2) is 12.8. The molecule has 220 valence electrons. The summed E-state index contributed by atoms with van der Waals surface area (Å²) in [5, 5.41) is 23.4. The molecular formula is C29H31ClN6O4S2. The first-order valence-electron chi connectivity index (χ1n) is 13.7. The summed E-state index contributed by atoms with van der Waals surface area (Å²) in [6.45, 7) is -0.255. The predicted molar refractivity (Wildman–Crippen MR) is 167 cm³/mol. The lowest BCUT2D eigenvalue weighted by molar-refractivity contribution is -0.0457. The van der Waals surface area contributed by atoms with Crippen LogP contribution in [0.2, 0.25) is 5.02 Å². The van der Waals surface area contributed by atoms with Crippen LogP contribution in [0.5, 0.6) is 5.75 Å². The Labute approximate surface area is 256 Å². The Bertz CT molecular complexity index is 1740. The van der Waals surface area contributed by atoms with Gasteiger partial charge in [-0.1, -0.05) is 35.9 Å². The van der Waals surface area contributed by atoms with E-state index in [9.17, 15) is 10.2 Å². The number of hydrogen-bond acceptors (Lipinski definition) is 11. The van der Waals surface area contributed by atoms with E-state index >= 15 is 0 Å². The highest BCUT2D eigenvalue weighted by Crippen LogP contribution is 2.38. The van der Waals surface area contributed by atoms with Crippen LogP contribution in [0.3, 0.4) is 0 Å². The molecule has 0 aliphatic carbocycles. The van der Waals surface area contributed by atoms with Gasteiger partial charge in [-0.2, -0.15) is 0 Å². The molecule has 6 rings (SSSR count). The molecule has 3 atom stereocenters. The zero-order valence-corrected chi connectivity index (χ0v) is 25.3. The maximum atomic E-state index is 10.3. The molecule has 3 aromatic heterocycles. The van der Waals surface area contributed by atoms with Crippen molar-refractivity contribution in [3.05, 3.63) is 47.7 Å². The standard InChI is InChI=1S/C29H31ClN6O4S2/c1-39-17-6-8-19-21(12-17)34-20-11-16(30)5-7-18(20)26(19)41-9-3-2-4-10-42-29-35-25-27(31)32-15-33-28(25)36(29)24-13-22(38)23(14-37)40-24/h5-8,11-12,15,22-24,37-38H,2-4,9-10,13-14H2,1H3,(H2,31,32,33). The van der Waals surface area contributed by atoms with Crippen molar-refractivity contribution in [2.45, 2.75) is 54.2 Å². The largest absolute Gasteiger partial charge is 0.497 e. The molecule has 0 saturated carbocycles. The molecule has 1 fully saturated rings. The molecule has 13 heteroatoms. The number of pyridine rings is 1. The molecule has 5 aromatic rings. The van der Waals surface area contributed by atoms with Crippen molar-refractivity contribution in [3.8, 4) is 5.75 Å². The lowest BCUT2D eigenvalue weighted by Gasteiger charge is -2.16. The van der Waals surface area contributed by atoms with Gasteiger partial charge in [0.2, 0.25) is 0 Å². The third-order valence-corrected chi connectivity index (χ3v) is 9.80. The first kappa shape index (κ1) is 29.2. The van der Waals surface area contributed by atoms with Gasteiger partial charge in [0.25, 0.3) is 0 Å². The van der Waals surface area contributed by atoms with Crippen LogP contribution in [0.1, 0.15) is 31.9 Å². The normalized spacial score (nSPS) is 18.9. The van der Waals surface area contributed by atoms with Gasteiger partial charge in [-0.05, 0) is 42.9 Å². The SMILES string of the molecule is COc1ccc2c(SCCCCCSc3nc4c(N)ncnc4n3C3CC(O)C(CO)O3)c3ccc(Cl)cc3nc2c1. The Kier molecular flexibility index (Phi) is 8.89. The number of unbranched alkanes of at least 4 members (excludes halogenated alkanes) is 2. The summed E-state index contributed by atoms with van der Waals surface area (Å²) < 4.78 is 13.2. The highest BCUT2D eigenvalue weighted by atomic mass is 35.5. The number of halogens is 1. The van der Waals surface area contributed by atoms with Crippen LogP contribution in [-0.4, -0.2) is 72.1 Å². The number of benzene rings is 2. The number of nitrogens with two attached hydrogens (primary N) is 1. The van der Waals surface area contributed by atoms with Gasteiger partial charge in [-0.3, -0.25) is 4.57 Å². The summed E-state index contributed by atoms with van der Waals surface area (Å²) in [4.78, 5) is 19.2. The fourth-order valence-electron chi connectivity index (χ4n) is 5.17. The summed E-state index contributed by atoms with van der Waals surface area (Å²) in [6.07, 6.45) is 2.93. The van der Waals surface area contributed by atoms with Gasteiger partial charge in [-0.15, -0.1) is 11.8 Å². The lowest BCUT2D eigenvalue weighted by Crippen LogP contribution is -2.24. The Morgan fingerprint density at radius 2 is 1.81 bits per heavy atom. The average Bonchev–Trinajstić information content (AvgIpc) is 3.55. The highest BCUT2D eigenvalue weighted by molar-refractivity contribution is 7.99. The van der Waals surface area contributed by atoms with Crippen molar-refractivity contribution in [1.29, 1.82) is 0 Å². The summed E-state index contributed by atoms with van der Waals surface area (Å²) in [5.41, 5.74) is 8.92. The number of methoxy groups -OCH3 is 1. The fourth-order valence-corrected chi connectivity index (χ4v) is 7.57. The summed E-state index contributed by atoms with van der Waals surface area (Å²) in [5.74, 6) is 2.89. The van der Waals surface area contributed by atoms with E-state index in [0.29, 0.717) is 33.6 Å². The molecule has 1 aliphatic heterocycles. The molecule has 10 nitrogen and oxygen atoms in total. The molecule has 4 heterocycles. The Balaban J connectivity index is 1.10. The van der Waals surface area contributed by atoms with Gasteiger partial charge in [0, 0.05) is 38.9 Å². The van der Waals surface area contributed by atoms with Crippen LogP contribution in [0.25, 0.3) is 33.0 Å². The Morgan fingerprint density at radius 1 is 1.05 bits per heavy atom. The predicted octanol–water partition coefficient (Wildman–Crippen LogP) is 5.47. The second-order valence-corrected chi connectivity index (χ2v) is 12.7. The van der Waals surface area contributed by atoms with Gasteiger partial charge in [0.1, 0.15) is 24.4 Å². The molecule has 2 aromatic carbocycles. The molecule has 0 amide bonds. The third-order valence-electron chi connectivity index (χ3n) is 7.31. The number of aliphatic hydroxyl groups is 2. The molecule has 0 radical (unpaired) electrons. The van der Waals surface area contributed by atoms with Crippen LogP contribution in [-0.2, 0) is 4.74 Å². The number of ether oxygens (including phenoxy) is 2. The molecule has 0 spiro atoms. The van der Waals surface area contributed by atoms with Gasteiger partial charge in [0.15, 0.2) is 22.1 Å². The maximum Gasteiger partial charge on any atom is 0.172 e. The minimum atomic E-state index is -0.763. The van der Waals surface area contributed by atoms with E-state index in [4.69, 9.17) is 36.8 Å². The number of anilines is 1. The number of fused-ring (bicyclic) bond motifs is 3. The van der Waals surface area contributed by atoms with E-state index in [-0.39, 0.29) is 6.61 Å². The minimum Gasteiger partial charge on any atom is -0.497 e. The summed E-state index contributed by atoms with van der Waals surface area (Å²) in [7, 11) is 1.66. The molecule has 4 N–H and O–H groups in total. The Morgan fingerprint density at radius 3 is 2.57 bits per heavy atom. The lowest BCUT2D eigenvalue weighted by atomic mass is 10.1. The molecule has 0 bridgehead atoms. The zero-order valence-electron chi connectivity index (χ0n) is 22.9. The maximum absolute atomic E-state index is 10.3. The van der Waals surface area contributed by atoms with E-state index in [1.165, 1.54) is 11.2 Å². The second-order valence-electron chi connectivity index (χ2n) is 10.1. The van der Waals surface area contributed by atoms with Crippen LogP contribution in [0.4, 0.5) is 5.82 Å². The monoisotopic (exact) mass is 626 g/mol. The molecule has 1 aliphatic rings. The highest BCUT2D eigenvalue weighted by Gasteiger charge is 2.37. The number of thioether (sulfide) groups is 2. The molecule has 42 heavy (non-hydrogen) atoms. The van der Waals surface area contributed by atoms with Gasteiger partial charge in [0.05, 0.1) is 30.9 Å². The van der Waals surface area contributed by atoms with Gasteiger partial charge in [-0.25, -0.2) is 19.9 Å². The van der Waals surface area contributed by atoms with Crippen molar-refractivity contribution in [1.82, 2.24) is 24.5 Å². The number of nitrogens with zero attached hydrogens (tertiary/aromatic N) is 5. The Hall–Kier alpha value is -2.87. The van der Waals surface area contributed by atoms with Crippen molar-refractivity contribution in [3.63, 3.8) is 0 Å². The smallest absolute Gasteiger partial charge is 0.172 e. The van der Waals surface area contributed by atoms with Crippen molar-refractivity contribution in [2.75, 3.05) is 31.0 Å². The quantitative estimate of drug-likeness (QED) is 0.0976. The van der Waals surface area contributed by atoms with Crippen LogP contribution >= 0.6 is 35.1 Å². The van der Waals surface area contributed by atoms with Crippen molar-refractivity contribution < 1.29 is 19.7 Å². The third kappa shape index (κ3) is 5.84. The summed E-state index contributed by atoms with van der Waals surface area (Å²) in [6, 6.07) is 11.9. The van der Waals surface area contributed by atoms with Crippen molar-refractivity contribution in [2.24, 2.45) is 0 Å². The number of aliphatic hydroxyl groups excluding tert-OH is 2. The molecule has 1 saturated heterocycles. The summed E-state index contributed by atoms with van der Waals surface area (Å²) >= 11 is 9.73. The number of aromatic nitrogens is 5. The molecule has 3 unspecified atom stereocenters. The van der Waals surface area contributed by atoms with E-state index in [1.807, 2.05) is 46.7 Å². The van der Waals surface area contributed by atoms with Crippen LogP contribution in [0.15, 0.2) is 52.8 Å². The first-order chi connectivity index (χ1) is 20.5. The van der Waals surface area contributed by atoms with E-state index in [2.05, 4.69) is 16.0 Å². The first-order valence-corrected chi connectivity index (χ1v) is 16.1. The molecular weight excluding hydrogens is 596 g/mol. The van der Waals surface area contributed by atoms with Crippen LogP contribution in [0, 0.1) is 0 Å². The average molecular weight is 627 g/mol. The number of rotatable bonds is 11. The topological polar surface area (TPSA) is 141 Å². The van der Waals surface area contributed by atoms with E-state index in [0.717, 1.165) is 58.3 Å². The van der Waals surface area contributed by atoms with Crippen LogP contribution < -0.4 is 10.5 Å². The van der Waals surface area contributed by atoms with Crippen molar-refractivity contribution >= 4 is 73.9 Å². The van der Waals surface area contributed by atoms with E-state index < -0.39 is 18.4 Å². The number of hydrogen-bond donors (Lipinski definition) is 3. The minimum absolute atomic E-state index is 0.255. The van der Waals surface area contributed by atoms with Gasteiger partial charge >= 0.3 is 0 Å². The fraction of sp³-hybridized carbons (Fsp3) is 0.379. The van der Waals surface area contributed by atoms with Gasteiger partial charge < -0.3 is 25.4 Å². The van der Waals surface area contributed by atoms with E-state index in [1.54, 1.807) is 18.9 Å². The number of nitrogen functional groups attached to an aromatic ring is 1. The number of imidazole rings is 1.